The van der Waals surface area contributed by atoms with Gasteiger partial charge in [0.1, 0.15) is 11.7 Å². The Bertz CT molecular complexity index is 964. The predicted octanol–water partition coefficient (Wildman–Crippen LogP) is 3.31. The summed E-state index contributed by atoms with van der Waals surface area (Å²) in [5.74, 6) is -0.467. The maximum atomic E-state index is 12.4. The molecule has 0 aliphatic rings. The van der Waals surface area contributed by atoms with Crippen LogP contribution in [0, 0.1) is 0 Å². The molecule has 0 fully saturated rings. The van der Waals surface area contributed by atoms with Crippen molar-refractivity contribution in [1.82, 2.24) is 19.6 Å². The van der Waals surface area contributed by atoms with Crippen molar-refractivity contribution in [3.05, 3.63) is 59.1 Å². The van der Waals surface area contributed by atoms with Crippen molar-refractivity contribution >= 4 is 39.1 Å². The van der Waals surface area contributed by atoms with Crippen molar-refractivity contribution in [2.24, 2.45) is 0 Å². The van der Waals surface area contributed by atoms with Crippen LogP contribution in [0.5, 0.6) is 0 Å². The molecule has 0 saturated carbocycles. The fourth-order valence-electron chi connectivity index (χ4n) is 2.54. The van der Waals surface area contributed by atoms with Crippen molar-refractivity contribution in [1.29, 1.82) is 0 Å². The summed E-state index contributed by atoms with van der Waals surface area (Å²) in [7, 11) is 0. The van der Waals surface area contributed by atoms with Gasteiger partial charge in [-0.1, -0.05) is 6.07 Å². The van der Waals surface area contributed by atoms with Gasteiger partial charge in [-0.15, -0.1) is 0 Å². The summed E-state index contributed by atoms with van der Waals surface area (Å²) >= 11 is 3.31. The first kappa shape index (κ1) is 18.8. The maximum absolute atomic E-state index is 12.4. The standard InChI is InChI=1S/C18H19BrN6O2/c1-3-24-16(7-8-20-24)18(27)23-15-6-4-5-14(9-15)22-17(26)12(2)25-11-13(19)10-21-25/h4-12H,3H2,1-2H3,(H,22,26)(H,23,27). The second-order valence-electron chi connectivity index (χ2n) is 5.87. The lowest BCUT2D eigenvalue weighted by Crippen LogP contribution is -2.24. The highest BCUT2D eigenvalue weighted by molar-refractivity contribution is 9.10. The van der Waals surface area contributed by atoms with Crippen molar-refractivity contribution in [2.75, 3.05) is 10.6 Å². The maximum Gasteiger partial charge on any atom is 0.273 e. The number of benzene rings is 1. The van der Waals surface area contributed by atoms with E-state index in [1.807, 2.05) is 6.92 Å². The molecule has 0 radical (unpaired) electrons. The minimum absolute atomic E-state index is 0.210. The molecule has 2 aromatic heterocycles. The molecule has 140 valence electrons. The van der Waals surface area contributed by atoms with Gasteiger partial charge in [0.15, 0.2) is 0 Å². The average Bonchev–Trinajstić information content (AvgIpc) is 3.30. The van der Waals surface area contributed by atoms with Gasteiger partial charge >= 0.3 is 0 Å². The van der Waals surface area contributed by atoms with Crippen LogP contribution in [-0.4, -0.2) is 31.4 Å². The Hall–Kier alpha value is -2.94. The molecule has 27 heavy (non-hydrogen) atoms. The van der Waals surface area contributed by atoms with E-state index in [0.29, 0.717) is 23.6 Å². The van der Waals surface area contributed by atoms with E-state index >= 15 is 0 Å². The summed E-state index contributed by atoms with van der Waals surface area (Å²) in [5, 5.41) is 13.9. The van der Waals surface area contributed by atoms with Gasteiger partial charge < -0.3 is 10.6 Å². The van der Waals surface area contributed by atoms with Gasteiger partial charge in [-0.05, 0) is 54.0 Å². The Balaban J connectivity index is 1.68. The lowest BCUT2D eigenvalue weighted by atomic mass is 10.2. The summed E-state index contributed by atoms with van der Waals surface area (Å²) in [5.41, 5.74) is 1.64. The van der Waals surface area contributed by atoms with Gasteiger partial charge in [0, 0.05) is 30.3 Å². The number of carbonyl (C=O) groups excluding carboxylic acids is 2. The highest BCUT2D eigenvalue weighted by Crippen LogP contribution is 2.18. The Labute approximate surface area is 164 Å². The first-order chi connectivity index (χ1) is 13.0. The summed E-state index contributed by atoms with van der Waals surface area (Å²) in [6.45, 7) is 4.28. The number of hydrogen-bond donors (Lipinski definition) is 2. The van der Waals surface area contributed by atoms with Crippen LogP contribution < -0.4 is 10.6 Å². The number of aromatic nitrogens is 4. The van der Waals surface area contributed by atoms with Crippen LogP contribution in [0.3, 0.4) is 0 Å². The van der Waals surface area contributed by atoms with E-state index in [0.717, 1.165) is 4.47 Å². The second-order valence-corrected chi connectivity index (χ2v) is 6.79. The molecule has 1 aromatic carbocycles. The topological polar surface area (TPSA) is 93.8 Å². The number of rotatable bonds is 6. The number of hydrogen-bond acceptors (Lipinski definition) is 4. The fourth-order valence-corrected chi connectivity index (χ4v) is 2.84. The second kappa shape index (κ2) is 8.17. The lowest BCUT2D eigenvalue weighted by Gasteiger charge is -2.13. The normalized spacial score (nSPS) is 11.8. The zero-order valence-corrected chi connectivity index (χ0v) is 16.5. The van der Waals surface area contributed by atoms with Crippen LogP contribution in [-0.2, 0) is 11.3 Å². The molecule has 2 N–H and O–H groups in total. The minimum atomic E-state index is -0.478. The molecule has 3 rings (SSSR count). The van der Waals surface area contributed by atoms with E-state index < -0.39 is 6.04 Å². The molecule has 0 aliphatic carbocycles. The van der Waals surface area contributed by atoms with Gasteiger partial charge in [0.25, 0.3) is 5.91 Å². The van der Waals surface area contributed by atoms with E-state index in [1.165, 1.54) is 0 Å². The van der Waals surface area contributed by atoms with Crippen molar-refractivity contribution in [3.8, 4) is 0 Å². The third kappa shape index (κ3) is 4.43. The zero-order chi connectivity index (χ0) is 19.4. The van der Waals surface area contributed by atoms with Crippen LogP contribution >= 0.6 is 15.9 Å². The van der Waals surface area contributed by atoms with E-state index in [-0.39, 0.29) is 11.8 Å². The molecule has 2 heterocycles. The average molecular weight is 431 g/mol. The highest BCUT2D eigenvalue weighted by atomic mass is 79.9. The predicted molar refractivity (Wildman–Crippen MR) is 106 cm³/mol. The number of carbonyl (C=O) groups is 2. The van der Waals surface area contributed by atoms with Gasteiger partial charge in [0.2, 0.25) is 5.91 Å². The molecule has 3 aromatic rings. The highest BCUT2D eigenvalue weighted by Gasteiger charge is 2.16. The molecule has 0 saturated heterocycles. The Kier molecular flexibility index (Phi) is 5.70. The van der Waals surface area contributed by atoms with Crippen LogP contribution in [0.25, 0.3) is 0 Å². The smallest absolute Gasteiger partial charge is 0.273 e. The summed E-state index contributed by atoms with van der Waals surface area (Å²) in [6, 6.07) is 8.16. The number of amides is 2. The molecule has 9 heteroatoms. The van der Waals surface area contributed by atoms with Gasteiger partial charge in [-0.3, -0.25) is 19.0 Å². The van der Waals surface area contributed by atoms with Crippen molar-refractivity contribution < 1.29 is 9.59 Å². The molecular formula is C18H19BrN6O2. The largest absolute Gasteiger partial charge is 0.324 e. The summed E-state index contributed by atoms with van der Waals surface area (Å²) < 4.78 is 3.99. The zero-order valence-electron chi connectivity index (χ0n) is 14.9. The number of nitrogens with one attached hydrogen (secondary N) is 2. The number of anilines is 2. The van der Waals surface area contributed by atoms with Gasteiger partial charge in [0.05, 0.1) is 10.7 Å². The fraction of sp³-hybridized carbons (Fsp3) is 0.222. The molecule has 8 nitrogen and oxygen atoms in total. The quantitative estimate of drug-likeness (QED) is 0.626. The minimum Gasteiger partial charge on any atom is -0.324 e. The van der Waals surface area contributed by atoms with E-state index in [1.54, 1.807) is 65.2 Å². The first-order valence-corrected chi connectivity index (χ1v) is 9.21. The Morgan fingerprint density at radius 1 is 1.19 bits per heavy atom. The number of halogens is 1. The Morgan fingerprint density at radius 3 is 2.59 bits per heavy atom. The third-order valence-corrected chi connectivity index (χ3v) is 4.39. The molecule has 0 aliphatic heterocycles. The molecule has 0 bridgehead atoms. The molecular weight excluding hydrogens is 412 g/mol. The van der Waals surface area contributed by atoms with Gasteiger partial charge in [-0.25, -0.2) is 0 Å². The van der Waals surface area contributed by atoms with Crippen LogP contribution in [0.1, 0.15) is 30.4 Å². The monoisotopic (exact) mass is 430 g/mol. The SMILES string of the molecule is CCn1nccc1C(=O)Nc1cccc(NC(=O)C(C)n2cc(Br)cn2)c1. The Morgan fingerprint density at radius 2 is 1.93 bits per heavy atom. The van der Waals surface area contributed by atoms with E-state index in [4.69, 9.17) is 0 Å². The van der Waals surface area contributed by atoms with E-state index in [2.05, 4.69) is 36.8 Å². The molecule has 1 unspecified atom stereocenters. The number of aryl methyl sites for hydroxylation is 1. The summed E-state index contributed by atoms with van der Waals surface area (Å²) in [4.78, 5) is 24.8. The van der Waals surface area contributed by atoms with Crippen molar-refractivity contribution in [3.63, 3.8) is 0 Å². The third-order valence-electron chi connectivity index (χ3n) is 3.98. The van der Waals surface area contributed by atoms with Gasteiger partial charge in [-0.2, -0.15) is 10.2 Å². The van der Waals surface area contributed by atoms with E-state index in [9.17, 15) is 9.59 Å². The summed E-state index contributed by atoms with van der Waals surface area (Å²) in [6.07, 6.45) is 4.95. The first-order valence-electron chi connectivity index (χ1n) is 8.41. The van der Waals surface area contributed by atoms with Crippen LogP contribution in [0.15, 0.2) is 53.4 Å². The molecule has 1 atom stereocenters. The number of nitrogens with zero attached hydrogens (tertiary/aromatic N) is 4. The molecule has 0 spiro atoms. The van der Waals surface area contributed by atoms with Crippen LogP contribution in [0.2, 0.25) is 0 Å². The molecule has 2 amide bonds. The van der Waals surface area contributed by atoms with Crippen molar-refractivity contribution in [2.45, 2.75) is 26.4 Å². The van der Waals surface area contributed by atoms with Crippen LogP contribution in [0.4, 0.5) is 11.4 Å². The lowest BCUT2D eigenvalue weighted by molar-refractivity contribution is -0.119.